The van der Waals surface area contributed by atoms with Gasteiger partial charge in [-0.2, -0.15) is 5.10 Å². The molecular formula is C17H27Cl2N5O2. The molecule has 1 aromatic carbocycles. The van der Waals surface area contributed by atoms with Gasteiger partial charge in [-0.15, -0.1) is 24.8 Å². The van der Waals surface area contributed by atoms with Gasteiger partial charge in [-0.1, -0.05) is 0 Å². The number of ether oxygens (including phenoxy) is 1. The number of amides is 1. The first kappa shape index (κ1) is 24.2. The van der Waals surface area contributed by atoms with Gasteiger partial charge in [0.05, 0.1) is 6.20 Å². The maximum absolute atomic E-state index is 12.4. The second-order valence-corrected chi connectivity index (χ2v) is 5.83. The van der Waals surface area contributed by atoms with Crippen LogP contribution in [0.25, 0.3) is 0 Å². The molecule has 0 bridgehead atoms. The fraction of sp³-hybridized carbons (Fsp3) is 0.412. The number of anilines is 1. The molecule has 1 aromatic heterocycles. The second kappa shape index (κ2) is 11.7. The summed E-state index contributed by atoms with van der Waals surface area (Å²) in [5.74, 6) is 0.652. The highest BCUT2D eigenvalue weighted by Crippen LogP contribution is 2.18. The molecule has 0 aliphatic rings. The van der Waals surface area contributed by atoms with Gasteiger partial charge in [0, 0.05) is 31.0 Å². The Kier molecular flexibility index (Phi) is 10.9. The van der Waals surface area contributed by atoms with Crippen molar-refractivity contribution in [2.75, 3.05) is 39.6 Å². The Labute approximate surface area is 166 Å². The van der Waals surface area contributed by atoms with E-state index in [0.29, 0.717) is 6.61 Å². The van der Waals surface area contributed by atoms with Crippen molar-refractivity contribution in [1.82, 2.24) is 20.0 Å². The molecule has 9 heteroatoms. The number of aryl methyl sites for hydroxylation is 1. The van der Waals surface area contributed by atoms with Crippen LogP contribution >= 0.6 is 24.8 Å². The number of hydrogen-bond donors (Lipinski definition) is 2. The van der Waals surface area contributed by atoms with Crippen molar-refractivity contribution in [3.8, 4) is 5.75 Å². The third-order valence-corrected chi connectivity index (χ3v) is 3.54. The van der Waals surface area contributed by atoms with Gasteiger partial charge in [0.2, 0.25) is 5.91 Å². The van der Waals surface area contributed by atoms with Crippen molar-refractivity contribution in [2.24, 2.45) is 7.05 Å². The standard InChI is InChI=1S/C17H25N5O2.2ClH/c1-18-16(13-11-19-22(4)12-13)17(23)20-14-5-7-15(8-6-14)24-10-9-21(2)3;;/h5-8,11-12,16,18H,9-10H2,1-4H3,(H,20,23);2*1H. The Morgan fingerprint density at radius 1 is 1.27 bits per heavy atom. The Hall–Kier alpha value is -1.80. The fourth-order valence-corrected chi connectivity index (χ4v) is 2.23. The first-order chi connectivity index (χ1) is 11.5. The van der Waals surface area contributed by atoms with Crippen molar-refractivity contribution < 1.29 is 9.53 Å². The van der Waals surface area contributed by atoms with Crippen LogP contribution in [0.3, 0.4) is 0 Å². The van der Waals surface area contributed by atoms with Crippen LogP contribution < -0.4 is 15.4 Å². The van der Waals surface area contributed by atoms with E-state index < -0.39 is 6.04 Å². The average molecular weight is 404 g/mol. The van der Waals surface area contributed by atoms with Crippen LogP contribution in [0, 0.1) is 0 Å². The van der Waals surface area contributed by atoms with Crippen LogP contribution in [0.5, 0.6) is 5.75 Å². The maximum atomic E-state index is 12.4. The van der Waals surface area contributed by atoms with Gasteiger partial charge < -0.3 is 20.3 Å². The molecule has 2 N–H and O–H groups in total. The molecule has 7 nitrogen and oxygen atoms in total. The van der Waals surface area contributed by atoms with Crippen LogP contribution in [0.1, 0.15) is 11.6 Å². The zero-order valence-electron chi connectivity index (χ0n) is 15.4. The topological polar surface area (TPSA) is 71.4 Å². The first-order valence-electron chi connectivity index (χ1n) is 7.84. The lowest BCUT2D eigenvalue weighted by Gasteiger charge is -2.15. The average Bonchev–Trinajstić information content (AvgIpc) is 2.95. The van der Waals surface area contributed by atoms with Crippen molar-refractivity contribution in [2.45, 2.75) is 6.04 Å². The van der Waals surface area contributed by atoms with E-state index in [1.54, 1.807) is 17.9 Å². The molecule has 0 fully saturated rings. The molecule has 0 saturated carbocycles. The third kappa shape index (κ3) is 7.21. The number of rotatable bonds is 8. The van der Waals surface area contributed by atoms with Gasteiger partial charge in [0.15, 0.2) is 0 Å². The number of carbonyl (C=O) groups excluding carboxylic acids is 1. The summed E-state index contributed by atoms with van der Waals surface area (Å²) in [6, 6.07) is 6.92. The maximum Gasteiger partial charge on any atom is 0.246 e. The number of carbonyl (C=O) groups is 1. The molecule has 2 rings (SSSR count). The lowest BCUT2D eigenvalue weighted by Crippen LogP contribution is -2.30. The number of likely N-dealkylation sites (N-methyl/N-ethyl adjacent to an activating group) is 2. The quantitative estimate of drug-likeness (QED) is 0.705. The molecule has 26 heavy (non-hydrogen) atoms. The zero-order chi connectivity index (χ0) is 17.5. The van der Waals surface area contributed by atoms with E-state index in [4.69, 9.17) is 4.74 Å². The summed E-state index contributed by atoms with van der Waals surface area (Å²) in [4.78, 5) is 14.5. The van der Waals surface area contributed by atoms with Crippen molar-refractivity contribution in [3.63, 3.8) is 0 Å². The van der Waals surface area contributed by atoms with Gasteiger partial charge >= 0.3 is 0 Å². The van der Waals surface area contributed by atoms with Crippen LogP contribution in [0.4, 0.5) is 5.69 Å². The molecule has 0 aliphatic heterocycles. The predicted molar refractivity (Wildman–Crippen MR) is 109 cm³/mol. The van der Waals surface area contributed by atoms with Gasteiger partial charge in [-0.3, -0.25) is 9.48 Å². The Balaban J connectivity index is 0.00000312. The molecule has 0 radical (unpaired) electrons. The molecule has 1 amide bonds. The highest BCUT2D eigenvalue weighted by molar-refractivity contribution is 5.95. The van der Waals surface area contributed by atoms with Crippen molar-refractivity contribution in [1.29, 1.82) is 0 Å². The number of hydrogen-bond acceptors (Lipinski definition) is 5. The summed E-state index contributed by atoms with van der Waals surface area (Å²) in [5.41, 5.74) is 1.55. The molecule has 1 heterocycles. The molecule has 1 unspecified atom stereocenters. The fourth-order valence-electron chi connectivity index (χ4n) is 2.23. The van der Waals surface area contributed by atoms with Crippen LogP contribution in [0.15, 0.2) is 36.7 Å². The predicted octanol–water partition coefficient (Wildman–Crippen LogP) is 2.10. The van der Waals surface area contributed by atoms with Crippen molar-refractivity contribution in [3.05, 3.63) is 42.2 Å². The van der Waals surface area contributed by atoms with Crippen LogP contribution in [-0.2, 0) is 11.8 Å². The molecule has 1 atom stereocenters. The highest BCUT2D eigenvalue weighted by Gasteiger charge is 2.20. The number of aromatic nitrogens is 2. The van der Waals surface area contributed by atoms with E-state index in [-0.39, 0.29) is 30.7 Å². The summed E-state index contributed by atoms with van der Waals surface area (Å²) >= 11 is 0. The van der Waals surface area contributed by atoms with Gasteiger partial charge in [-0.05, 0) is 45.4 Å². The SMILES string of the molecule is CNC(C(=O)Nc1ccc(OCCN(C)C)cc1)c1cnn(C)c1.Cl.Cl. The second-order valence-electron chi connectivity index (χ2n) is 5.83. The van der Waals surface area contributed by atoms with Crippen molar-refractivity contribution >= 4 is 36.4 Å². The lowest BCUT2D eigenvalue weighted by molar-refractivity contribution is -0.118. The Bertz CT molecular complexity index is 661. The molecule has 0 saturated heterocycles. The monoisotopic (exact) mass is 403 g/mol. The van der Waals surface area contributed by atoms with Gasteiger partial charge in [0.25, 0.3) is 0 Å². The lowest BCUT2D eigenvalue weighted by atomic mass is 10.1. The number of nitrogens with one attached hydrogen (secondary N) is 2. The van der Waals surface area contributed by atoms with E-state index in [1.165, 1.54) is 0 Å². The first-order valence-corrected chi connectivity index (χ1v) is 7.84. The minimum absolute atomic E-state index is 0. The normalized spacial score (nSPS) is 11.3. The number of halogens is 2. The molecule has 146 valence electrons. The molecule has 0 aliphatic carbocycles. The zero-order valence-corrected chi connectivity index (χ0v) is 17.1. The van der Waals surface area contributed by atoms with E-state index in [9.17, 15) is 4.79 Å². The molecule has 2 aromatic rings. The molecule has 0 spiro atoms. The highest BCUT2D eigenvalue weighted by atomic mass is 35.5. The number of benzene rings is 1. The largest absolute Gasteiger partial charge is 0.492 e. The minimum atomic E-state index is -0.449. The van der Waals surface area contributed by atoms with Gasteiger partial charge in [-0.25, -0.2) is 0 Å². The molecular weight excluding hydrogens is 377 g/mol. The van der Waals surface area contributed by atoms with E-state index >= 15 is 0 Å². The summed E-state index contributed by atoms with van der Waals surface area (Å²) in [6.07, 6.45) is 3.50. The van der Waals surface area contributed by atoms with E-state index in [2.05, 4.69) is 20.6 Å². The minimum Gasteiger partial charge on any atom is -0.492 e. The third-order valence-electron chi connectivity index (χ3n) is 3.54. The van der Waals surface area contributed by atoms with E-state index in [0.717, 1.165) is 23.5 Å². The summed E-state index contributed by atoms with van der Waals surface area (Å²) in [7, 11) is 7.58. The summed E-state index contributed by atoms with van der Waals surface area (Å²) < 4.78 is 7.31. The summed E-state index contributed by atoms with van der Waals surface area (Å²) in [5, 5.41) is 10.0. The Morgan fingerprint density at radius 2 is 1.92 bits per heavy atom. The summed E-state index contributed by atoms with van der Waals surface area (Å²) in [6.45, 7) is 1.48. The van der Waals surface area contributed by atoms with Crippen LogP contribution in [-0.4, -0.2) is 54.9 Å². The smallest absolute Gasteiger partial charge is 0.246 e. The van der Waals surface area contributed by atoms with E-state index in [1.807, 2.05) is 51.6 Å². The Morgan fingerprint density at radius 3 is 2.42 bits per heavy atom. The van der Waals surface area contributed by atoms with Gasteiger partial charge in [0.1, 0.15) is 18.4 Å². The van der Waals surface area contributed by atoms with Crippen LogP contribution in [0.2, 0.25) is 0 Å². The number of nitrogens with zero attached hydrogens (tertiary/aromatic N) is 3.